The molecule has 0 bridgehead atoms. The highest BCUT2D eigenvalue weighted by Gasteiger charge is 2.33. The van der Waals surface area contributed by atoms with Crippen LogP contribution in [0.3, 0.4) is 0 Å². The van der Waals surface area contributed by atoms with Crippen LogP contribution in [0.4, 0.5) is 18.9 Å². The zero-order valence-corrected chi connectivity index (χ0v) is 16.5. The van der Waals surface area contributed by atoms with Crippen molar-refractivity contribution in [2.45, 2.75) is 6.18 Å². The number of carbonyl (C=O) groups is 2. The summed E-state index contributed by atoms with van der Waals surface area (Å²) >= 11 is 10.7. The summed E-state index contributed by atoms with van der Waals surface area (Å²) in [4.78, 5) is 34.3. The van der Waals surface area contributed by atoms with Crippen molar-refractivity contribution in [3.05, 3.63) is 68.2 Å². The Morgan fingerprint density at radius 1 is 1.06 bits per heavy atom. The van der Waals surface area contributed by atoms with E-state index in [-0.39, 0.29) is 27.0 Å². The summed E-state index contributed by atoms with van der Waals surface area (Å²) in [5.74, 6) is -2.20. The van der Waals surface area contributed by atoms with Crippen molar-refractivity contribution >= 4 is 52.5 Å². The fourth-order valence-corrected chi connectivity index (χ4v) is 2.89. The van der Waals surface area contributed by atoms with Crippen LogP contribution >= 0.6 is 23.8 Å². The SMILES string of the molecule is O=C1NC(=S)NC(=O)C1=Cc1cc(Cl)ccc1Oc1ccc(C(F)(F)F)cc1[N+](=O)[O-]. The first-order valence-corrected chi connectivity index (χ1v) is 8.95. The summed E-state index contributed by atoms with van der Waals surface area (Å²) < 4.78 is 44.1. The lowest BCUT2D eigenvalue weighted by Crippen LogP contribution is -2.51. The Labute approximate surface area is 181 Å². The van der Waals surface area contributed by atoms with Crippen molar-refractivity contribution < 1.29 is 32.4 Å². The highest BCUT2D eigenvalue weighted by Crippen LogP contribution is 2.39. The summed E-state index contributed by atoms with van der Waals surface area (Å²) in [6.07, 6.45) is -3.69. The molecule has 0 saturated carbocycles. The molecule has 3 rings (SSSR count). The second-order valence-electron chi connectivity index (χ2n) is 6.02. The van der Waals surface area contributed by atoms with E-state index in [0.717, 1.165) is 12.1 Å². The molecule has 160 valence electrons. The standard InChI is InChI=1S/C18H9ClF3N3O5S/c19-10-2-4-13(8(5-10)6-11-15(26)23-17(31)24-16(11)27)30-14-3-1-9(18(20,21)22)7-12(14)25(28)29/h1-7H,(H2,23,24,26,27,31). The number of nitrogens with one attached hydrogen (secondary N) is 2. The topological polar surface area (TPSA) is 111 Å². The summed E-state index contributed by atoms with van der Waals surface area (Å²) in [6, 6.07) is 5.69. The molecule has 0 spiro atoms. The maximum atomic E-state index is 12.9. The molecule has 31 heavy (non-hydrogen) atoms. The zero-order valence-electron chi connectivity index (χ0n) is 15.0. The number of hydrogen-bond acceptors (Lipinski definition) is 6. The molecule has 2 aromatic carbocycles. The van der Waals surface area contributed by atoms with Crippen LogP contribution in [0.2, 0.25) is 5.02 Å². The first kappa shape index (κ1) is 22.2. The minimum Gasteiger partial charge on any atom is -0.449 e. The van der Waals surface area contributed by atoms with Crippen LogP contribution in [0.1, 0.15) is 11.1 Å². The van der Waals surface area contributed by atoms with Gasteiger partial charge in [0.1, 0.15) is 11.3 Å². The fraction of sp³-hybridized carbons (Fsp3) is 0.0556. The summed E-state index contributed by atoms with van der Waals surface area (Å²) in [6.45, 7) is 0. The van der Waals surface area contributed by atoms with E-state index in [0.29, 0.717) is 12.1 Å². The van der Waals surface area contributed by atoms with Gasteiger partial charge in [-0.25, -0.2) is 0 Å². The summed E-state index contributed by atoms with van der Waals surface area (Å²) in [5, 5.41) is 15.7. The van der Waals surface area contributed by atoms with Gasteiger partial charge in [0.25, 0.3) is 11.8 Å². The van der Waals surface area contributed by atoms with E-state index >= 15 is 0 Å². The first-order valence-electron chi connectivity index (χ1n) is 8.17. The van der Waals surface area contributed by atoms with Crippen LogP contribution in [0.25, 0.3) is 6.08 Å². The van der Waals surface area contributed by atoms with E-state index in [1.807, 2.05) is 0 Å². The van der Waals surface area contributed by atoms with Gasteiger partial charge >= 0.3 is 11.9 Å². The fourth-order valence-electron chi connectivity index (χ4n) is 2.53. The molecule has 0 aliphatic carbocycles. The average Bonchev–Trinajstić information content (AvgIpc) is 2.65. The minimum absolute atomic E-state index is 0.0646. The smallest absolute Gasteiger partial charge is 0.416 e. The molecule has 1 aliphatic heterocycles. The molecule has 0 unspecified atom stereocenters. The Balaban J connectivity index is 2.05. The molecule has 1 fully saturated rings. The van der Waals surface area contributed by atoms with Gasteiger partial charge in [-0.1, -0.05) is 11.6 Å². The lowest BCUT2D eigenvalue weighted by Gasteiger charge is -2.17. The van der Waals surface area contributed by atoms with Crippen molar-refractivity contribution in [2.75, 3.05) is 0 Å². The molecule has 0 radical (unpaired) electrons. The van der Waals surface area contributed by atoms with Crippen molar-refractivity contribution in [1.82, 2.24) is 10.6 Å². The number of amides is 2. The number of nitrogens with zero attached hydrogens (tertiary/aromatic N) is 1. The van der Waals surface area contributed by atoms with Crippen LogP contribution in [0.5, 0.6) is 11.5 Å². The third-order valence-corrected chi connectivity index (χ3v) is 4.36. The molecule has 1 aliphatic rings. The number of halogens is 4. The lowest BCUT2D eigenvalue weighted by atomic mass is 10.1. The van der Waals surface area contributed by atoms with Crippen LogP contribution in [-0.2, 0) is 15.8 Å². The van der Waals surface area contributed by atoms with Crippen LogP contribution in [0.15, 0.2) is 42.0 Å². The number of nitro groups is 1. The average molecular weight is 472 g/mol. The Kier molecular flexibility index (Phi) is 5.95. The highest BCUT2D eigenvalue weighted by atomic mass is 35.5. The van der Waals surface area contributed by atoms with Gasteiger partial charge in [-0.2, -0.15) is 13.2 Å². The molecule has 0 atom stereocenters. The maximum absolute atomic E-state index is 12.9. The van der Waals surface area contributed by atoms with Gasteiger partial charge in [-0.05, 0) is 48.6 Å². The Hall–Kier alpha value is -3.51. The Morgan fingerprint density at radius 2 is 1.68 bits per heavy atom. The minimum atomic E-state index is -4.79. The monoisotopic (exact) mass is 471 g/mol. The number of hydrogen-bond donors (Lipinski definition) is 2. The first-order chi connectivity index (χ1) is 14.5. The van der Waals surface area contributed by atoms with E-state index in [1.54, 1.807) is 0 Å². The second-order valence-corrected chi connectivity index (χ2v) is 6.86. The molecule has 2 N–H and O–H groups in total. The predicted octanol–water partition coefficient (Wildman–Crippen LogP) is 3.97. The van der Waals surface area contributed by atoms with Gasteiger partial charge in [-0.15, -0.1) is 0 Å². The van der Waals surface area contributed by atoms with Gasteiger partial charge < -0.3 is 4.74 Å². The zero-order chi connectivity index (χ0) is 22.9. The van der Waals surface area contributed by atoms with E-state index in [9.17, 15) is 32.9 Å². The largest absolute Gasteiger partial charge is 0.449 e. The number of rotatable bonds is 4. The van der Waals surface area contributed by atoms with E-state index in [4.69, 9.17) is 28.6 Å². The van der Waals surface area contributed by atoms with E-state index in [2.05, 4.69) is 10.6 Å². The van der Waals surface area contributed by atoms with Crippen LogP contribution < -0.4 is 15.4 Å². The quantitative estimate of drug-likeness (QED) is 0.229. The molecular weight excluding hydrogens is 463 g/mol. The Bertz CT molecular complexity index is 1140. The van der Waals surface area contributed by atoms with Crippen LogP contribution in [-0.4, -0.2) is 21.9 Å². The lowest BCUT2D eigenvalue weighted by molar-refractivity contribution is -0.385. The molecule has 1 heterocycles. The molecule has 13 heteroatoms. The number of carbonyl (C=O) groups excluding carboxylic acids is 2. The third kappa shape index (κ3) is 4.98. The Morgan fingerprint density at radius 3 is 2.26 bits per heavy atom. The third-order valence-electron chi connectivity index (χ3n) is 3.92. The van der Waals surface area contributed by atoms with Gasteiger partial charge in [-0.3, -0.25) is 30.3 Å². The molecule has 8 nitrogen and oxygen atoms in total. The van der Waals surface area contributed by atoms with E-state index in [1.165, 1.54) is 18.2 Å². The number of benzene rings is 2. The number of thiocarbonyl (C=S) groups is 1. The van der Waals surface area contributed by atoms with Gasteiger partial charge in [0.15, 0.2) is 5.11 Å². The second kappa shape index (κ2) is 8.32. The molecule has 2 aromatic rings. The summed E-state index contributed by atoms with van der Waals surface area (Å²) in [5.41, 5.74) is -2.45. The van der Waals surface area contributed by atoms with Crippen molar-refractivity contribution in [3.8, 4) is 11.5 Å². The molecule has 0 aromatic heterocycles. The summed E-state index contributed by atoms with van der Waals surface area (Å²) in [7, 11) is 0. The van der Waals surface area contributed by atoms with E-state index < -0.39 is 39.9 Å². The number of alkyl halides is 3. The van der Waals surface area contributed by atoms with Gasteiger partial charge in [0, 0.05) is 16.7 Å². The predicted molar refractivity (Wildman–Crippen MR) is 106 cm³/mol. The van der Waals surface area contributed by atoms with Gasteiger partial charge in [0.2, 0.25) is 5.75 Å². The van der Waals surface area contributed by atoms with Crippen molar-refractivity contribution in [2.24, 2.45) is 0 Å². The number of ether oxygens (including phenoxy) is 1. The maximum Gasteiger partial charge on any atom is 0.416 e. The molecule has 1 saturated heterocycles. The van der Waals surface area contributed by atoms with Gasteiger partial charge in [0.05, 0.1) is 10.5 Å². The van der Waals surface area contributed by atoms with Crippen LogP contribution in [0, 0.1) is 10.1 Å². The van der Waals surface area contributed by atoms with Crippen molar-refractivity contribution in [1.29, 1.82) is 0 Å². The normalized spacial score (nSPS) is 14.1. The van der Waals surface area contributed by atoms with Crippen molar-refractivity contribution in [3.63, 3.8) is 0 Å². The molecule has 2 amide bonds. The number of nitro benzene ring substituents is 1. The molecular formula is C18H9ClF3N3O5S. The highest BCUT2D eigenvalue weighted by molar-refractivity contribution is 7.80.